The van der Waals surface area contributed by atoms with Gasteiger partial charge in [0.1, 0.15) is 6.04 Å². The number of carboxylic acid groups (broad SMARTS) is 1. The number of aromatic amines is 1. The molecule has 2 aromatic heterocycles. The van der Waals surface area contributed by atoms with Gasteiger partial charge in [-0.15, -0.1) is 0 Å². The molecule has 2 heterocycles. The van der Waals surface area contributed by atoms with Gasteiger partial charge in [-0.2, -0.15) is 4.98 Å². The van der Waals surface area contributed by atoms with Gasteiger partial charge in [-0.25, -0.2) is 14.6 Å². The summed E-state index contributed by atoms with van der Waals surface area (Å²) in [6.07, 6.45) is 5.25. The van der Waals surface area contributed by atoms with Crippen molar-refractivity contribution in [3.63, 3.8) is 0 Å². The molecule has 0 bridgehead atoms. The normalized spacial score (nSPS) is 13.1. The molecule has 12 heteroatoms. The number of nitrogens with two attached hydrogens (primary N) is 2. The van der Waals surface area contributed by atoms with Crippen molar-refractivity contribution in [2.45, 2.75) is 44.3 Å². The zero-order valence-corrected chi connectivity index (χ0v) is 14.7. The number of hydrogen-bond acceptors (Lipinski definition) is 8. The van der Waals surface area contributed by atoms with Crippen molar-refractivity contribution in [1.82, 2.24) is 30.7 Å². The van der Waals surface area contributed by atoms with Crippen molar-refractivity contribution in [1.29, 1.82) is 0 Å². The molecule has 2 aromatic rings. The molecule has 0 aromatic carbocycles. The third-order valence-electron chi connectivity index (χ3n) is 3.76. The van der Waals surface area contributed by atoms with Crippen LogP contribution in [0.3, 0.4) is 0 Å². The summed E-state index contributed by atoms with van der Waals surface area (Å²) in [4.78, 5) is 34.0. The van der Waals surface area contributed by atoms with E-state index in [1.807, 2.05) is 0 Å². The fraction of sp³-hybridized carbons (Fsp3) is 0.533. The number of rotatable bonds is 11. The summed E-state index contributed by atoms with van der Waals surface area (Å²) in [5.74, 6) is -0.644. The monoisotopic (exact) mass is 380 g/mol. The Kier molecular flexibility index (Phi) is 7.70. The predicted octanol–water partition coefficient (Wildman–Crippen LogP) is -0.583. The highest BCUT2D eigenvalue weighted by Crippen LogP contribution is 2.11. The molecule has 0 saturated heterocycles. The van der Waals surface area contributed by atoms with Gasteiger partial charge in [0, 0.05) is 18.3 Å². The number of hydrogen-bond donors (Lipinski definition) is 6. The molecular formula is C15H24N8O4. The maximum atomic E-state index is 11.9. The SMILES string of the molecule is NCCCCC(NC(=O)NCc1nc(C(N)Cc2cnc[nH]2)no1)C(=O)O. The van der Waals surface area contributed by atoms with Gasteiger partial charge in [-0.1, -0.05) is 5.16 Å². The van der Waals surface area contributed by atoms with Crippen LogP contribution in [0.4, 0.5) is 4.79 Å². The molecule has 2 amide bonds. The average Bonchev–Trinajstić information content (AvgIpc) is 3.30. The van der Waals surface area contributed by atoms with Gasteiger partial charge in [0.05, 0.1) is 18.9 Å². The lowest BCUT2D eigenvalue weighted by Gasteiger charge is -2.14. The molecule has 0 spiro atoms. The minimum Gasteiger partial charge on any atom is -0.480 e. The number of amides is 2. The number of nitrogens with one attached hydrogen (secondary N) is 3. The quantitative estimate of drug-likeness (QED) is 0.276. The van der Waals surface area contributed by atoms with Gasteiger partial charge in [0.15, 0.2) is 5.82 Å². The van der Waals surface area contributed by atoms with E-state index < -0.39 is 24.1 Å². The molecule has 0 aliphatic carbocycles. The molecule has 2 rings (SSSR count). The van der Waals surface area contributed by atoms with Gasteiger partial charge in [-0.3, -0.25) is 0 Å². The lowest BCUT2D eigenvalue weighted by molar-refractivity contribution is -0.139. The van der Waals surface area contributed by atoms with Crippen LogP contribution in [0.5, 0.6) is 0 Å². The summed E-state index contributed by atoms with van der Waals surface area (Å²) >= 11 is 0. The van der Waals surface area contributed by atoms with Gasteiger partial charge >= 0.3 is 12.0 Å². The van der Waals surface area contributed by atoms with Crippen LogP contribution in [-0.2, 0) is 17.8 Å². The average molecular weight is 380 g/mol. The van der Waals surface area contributed by atoms with Crippen LogP contribution < -0.4 is 22.1 Å². The minimum atomic E-state index is -1.10. The summed E-state index contributed by atoms with van der Waals surface area (Å²) in [7, 11) is 0. The van der Waals surface area contributed by atoms with Gasteiger partial charge in [0.2, 0.25) is 5.89 Å². The third kappa shape index (κ3) is 6.67. The Labute approximate surface area is 155 Å². The van der Waals surface area contributed by atoms with Crippen LogP contribution in [-0.4, -0.2) is 49.8 Å². The van der Waals surface area contributed by atoms with E-state index in [1.54, 1.807) is 12.5 Å². The summed E-state index contributed by atoms with van der Waals surface area (Å²) < 4.78 is 5.05. The number of H-pyrrole nitrogens is 1. The molecular weight excluding hydrogens is 356 g/mol. The fourth-order valence-electron chi connectivity index (χ4n) is 2.33. The third-order valence-corrected chi connectivity index (χ3v) is 3.76. The second-order valence-corrected chi connectivity index (χ2v) is 5.94. The molecule has 2 atom stereocenters. The molecule has 2 unspecified atom stereocenters. The Hall–Kier alpha value is -2.99. The van der Waals surface area contributed by atoms with Gasteiger partial charge in [0.25, 0.3) is 0 Å². The summed E-state index contributed by atoms with van der Waals surface area (Å²) in [5.41, 5.74) is 12.2. The second kappa shape index (κ2) is 10.2. The van der Waals surface area contributed by atoms with Gasteiger partial charge in [-0.05, 0) is 25.8 Å². The number of aromatic nitrogens is 4. The molecule has 27 heavy (non-hydrogen) atoms. The van der Waals surface area contributed by atoms with Crippen LogP contribution in [0, 0.1) is 0 Å². The highest BCUT2D eigenvalue weighted by Gasteiger charge is 2.20. The van der Waals surface area contributed by atoms with Crippen molar-refractivity contribution in [3.8, 4) is 0 Å². The number of unbranched alkanes of at least 4 members (excludes halogenated alkanes) is 1. The molecule has 0 fully saturated rings. The zero-order valence-electron chi connectivity index (χ0n) is 14.7. The summed E-state index contributed by atoms with van der Waals surface area (Å²) in [5, 5.41) is 17.8. The number of aliphatic carboxylic acids is 1. The highest BCUT2D eigenvalue weighted by atomic mass is 16.5. The molecule has 8 N–H and O–H groups in total. The van der Waals surface area contributed by atoms with E-state index in [-0.39, 0.29) is 12.4 Å². The van der Waals surface area contributed by atoms with Crippen LogP contribution in [0.1, 0.15) is 42.7 Å². The van der Waals surface area contributed by atoms with Crippen molar-refractivity contribution in [3.05, 3.63) is 29.9 Å². The molecule has 12 nitrogen and oxygen atoms in total. The Morgan fingerprint density at radius 3 is 2.85 bits per heavy atom. The Morgan fingerprint density at radius 2 is 2.19 bits per heavy atom. The van der Waals surface area contributed by atoms with E-state index in [0.717, 1.165) is 5.69 Å². The first-order valence-electron chi connectivity index (χ1n) is 8.52. The van der Waals surface area contributed by atoms with E-state index in [9.17, 15) is 9.59 Å². The van der Waals surface area contributed by atoms with E-state index in [4.69, 9.17) is 21.1 Å². The number of urea groups is 1. The smallest absolute Gasteiger partial charge is 0.326 e. The maximum absolute atomic E-state index is 11.9. The lowest BCUT2D eigenvalue weighted by Crippen LogP contribution is -2.45. The second-order valence-electron chi connectivity index (χ2n) is 5.94. The summed E-state index contributed by atoms with van der Waals surface area (Å²) in [6.45, 7) is 0.422. The Bertz CT molecular complexity index is 717. The van der Waals surface area contributed by atoms with Crippen molar-refractivity contribution in [2.75, 3.05) is 6.54 Å². The lowest BCUT2D eigenvalue weighted by atomic mass is 10.1. The molecule has 0 aliphatic rings. The van der Waals surface area contributed by atoms with E-state index in [2.05, 4.69) is 30.7 Å². The first kappa shape index (κ1) is 20.3. The molecule has 148 valence electrons. The van der Waals surface area contributed by atoms with Crippen LogP contribution in [0.25, 0.3) is 0 Å². The van der Waals surface area contributed by atoms with E-state index in [1.165, 1.54) is 0 Å². The van der Waals surface area contributed by atoms with Crippen LogP contribution >= 0.6 is 0 Å². The number of imidazole rings is 1. The Morgan fingerprint density at radius 1 is 1.37 bits per heavy atom. The molecule has 0 aliphatic heterocycles. The van der Waals surface area contributed by atoms with E-state index >= 15 is 0 Å². The zero-order chi connectivity index (χ0) is 19.6. The van der Waals surface area contributed by atoms with Crippen molar-refractivity contribution < 1.29 is 19.2 Å². The minimum absolute atomic E-state index is 0.0508. The fourth-order valence-corrected chi connectivity index (χ4v) is 2.33. The molecule has 0 radical (unpaired) electrons. The number of carboxylic acids is 1. The van der Waals surface area contributed by atoms with Gasteiger partial charge < -0.3 is 36.7 Å². The number of carbonyl (C=O) groups excluding carboxylic acids is 1. The highest BCUT2D eigenvalue weighted by molar-refractivity contribution is 5.82. The summed E-state index contributed by atoms with van der Waals surface area (Å²) in [6, 6.07) is -2.12. The van der Waals surface area contributed by atoms with Crippen molar-refractivity contribution >= 4 is 12.0 Å². The number of nitrogens with zero attached hydrogens (tertiary/aromatic N) is 3. The first-order chi connectivity index (χ1) is 13.0. The standard InChI is InChI=1S/C15H24N8O4/c16-4-2-1-3-11(14(24)25)21-15(26)19-7-12-22-13(23-27-12)10(17)5-9-6-18-8-20-9/h6,8,10-11H,1-5,7,16-17H2,(H,18,20)(H,24,25)(H2,19,21,26). The predicted molar refractivity (Wildman–Crippen MR) is 93.2 cm³/mol. The largest absolute Gasteiger partial charge is 0.480 e. The van der Waals surface area contributed by atoms with E-state index in [0.29, 0.717) is 38.1 Å². The van der Waals surface area contributed by atoms with Crippen molar-refractivity contribution in [2.24, 2.45) is 11.5 Å². The number of carbonyl (C=O) groups is 2. The maximum Gasteiger partial charge on any atom is 0.326 e. The Balaban J connectivity index is 1.79. The topological polar surface area (TPSA) is 198 Å². The van der Waals surface area contributed by atoms with Crippen LogP contribution in [0.2, 0.25) is 0 Å². The molecule has 0 saturated carbocycles. The van der Waals surface area contributed by atoms with Crippen LogP contribution in [0.15, 0.2) is 17.0 Å². The first-order valence-corrected chi connectivity index (χ1v) is 8.52.